The molecule has 0 saturated carbocycles. The lowest BCUT2D eigenvalue weighted by Crippen LogP contribution is -2.32. The predicted octanol–water partition coefficient (Wildman–Crippen LogP) is 1.96. The molecule has 2 nitrogen and oxygen atoms in total. The summed E-state index contributed by atoms with van der Waals surface area (Å²) in [5, 5.41) is -3.48. The van der Waals surface area contributed by atoms with Crippen molar-refractivity contribution in [2.24, 2.45) is 0 Å². The summed E-state index contributed by atoms with van der Waals surface area (Å²) >= 11 is 0. The van der Waals surface area contributed by atoms with Crippen LogP contribution in [0.5, 0.6) is 0 Å². The van der Waals surface area contributed by atoms with E-state index in [9.17, 15) is 17.2 Å². The first kappa shape index (κ1) is 9.89. The van der Waals surface area contributed by atoms with Crippen LogP contribution in [0.4, 0.5) is 8.78 Å². The van der Waals surface area contributed by atoms with E-state index in [1.807, 2.05) is 0 Å². The number of sulfone groups is 1. The van der Waals surface area contributed by atoms with E-state index in [1.54, 1.807) is 0 Å². The first-order valence-electron chi connectivity index (χ1n) is 4.06. The molecule has 1 aliphatic heterocycles. The fraction of sp³-hybridized carbons (Fsp3) is 1.00. The van der Waals surface area contributed by atoms with Crippen molar-refractivity contribution in [3.8, 4) is 0 Å². The largest absolute Gasteiger partial charge is 0.345 e. The molecule has 1 aliphatic rings. The molecule has 0 radical (unpaired) electrons. The van der Waals surface area contributed by atoms with E-state index < -0.39 is 21.5 Å². The van der Waals surface area contributed by atoms with E-state index in [-0.39, 0.29) is 5.75 Å². The molecular weight excluding hydrogens is 186 g/mol. The normalized spacial score (nSPS) is 28.8. The fourth-order valence-electron chi connectivity index (χ4n) is 1.28. The molecule has 0 N–H and O–H groups in total. The molecule has 0 amide bonds. The van der Waals surface area contributed by atoms with Gasteiger partial charge >= 0.3 is 5.25 Å². The summed E-state index contributed by atoms with van der Waals surface area (Å²) < 4.78 is 47.5. The molecule has 0 aromatic carbocycles. The number of hydrogen-bond acceptors (Lipinski definition) is 2. The highest BCUT2D eigenvalue weighted by Gasteiger charge is 2.43. The average Bonchev–Trinajstić information content (AvgIpc) is 1.94. The van der Waals surface area contributed by atoms with Gasteiger partial charge in [-0.15, -0.1) is 0 Å². The summed E-state index contributed by atoms with van der Waals surface area (Å²) in [6, 6.07) is 0. The molecule has 0 aromatic heterocycles. The van der Waals surface area contributed by atoms with Gasteiger partial charge in [-0.2, -0.15) is 8.78 Å². The third-order valence-corrected chi connectivity index (χ3v) is 4.03. The monoisotopic (exact) mass is 198 g/mol. The zero-order chi connectivity index (χ0) is 9.24. The molecule has 1 saturated heterocycles. The van der Waals surface area contributed by atoms with E-state index in [1.165, 1.54) is 0 Å². The van der Waals surface area contributed by atoms with Crippen molar-refractivity contribution in [1.82, 2.24) is 0 Å². The standard InChI is InChI=1S/C7H12F2O2S/c8-7(9)5-3-1-2-4-6-12(7,10)11/h1-6H2. The Morgan fingerprint density at radius 3 is 2.25 bits per heavy atom. The predicted molar refractivity (Wildman–Crippen MR) is 41.8 cm³/mol. The Labute approximate surface area is 70.9 Å². The van der Waals surface area contributed by atoms with Crippen molar-refractivity contribution < 1.29 is 17.2 Å². The van der Waals surface area contributed by atoms with Crippen LogP contribution in [0.2, 0.25) is 0 Å². The second-order valence-corrected chi connectivity index (χ2v) is 5.36. The summed E-state index contributed by atoms with van der Waals surface area (Å²) in [7, 11) is -4.15. The van der Waals surface area contributed by atoms with Gasteiger partial charge < -0.3 is 0 Å². The summed E-state index contributed by atoms with van der Waals surface area (Å²) in [5.41, 5.74) is 0. The van der Waals surface area contributed by atoms with Gasteiger partial charge in [0.05, 0.1) is 5.75 Å². The lowest BCUT2D eigenvalue weighted by molar-refractivity contribution is 0.0773. The molecule has 1 fully saturated rings. The van der Waals surface area contributed by atoms with E-state index >= 15 is 0 Å². The SMILES string of the molecule is O=S1(=O)CCCCCCC1(F)F. The van der Waals surface area contributed by atoms with Crippen LogP contribution in [-0.2, 0) is 9.84 Å². The molecule has 0 bridgehead atoms. The number of hydrogen-bond donors (Lipinski definition) is 0. The molecule has 5 heteroatoms. The zero-order valence-corrected chi connectivity index (χ0v) is 7.54. The number of rotatable bonds is 0. The third kappa shape index (κ3) is 1.94. The minimum Gasteiger partial charge on any atom is -0.223 e. The van der Waals surface area contributed by atoms with E-state index in [4.69, 9.17) is 0 Å². The molecule has 1 rings (SSSR count). The molecule has 1 heterocycles. The van der Waals surface area contributed by atoms with Gasteiger partial charge in [0, 0.05) is 6.42 Å². The van der Waals surface area contributed by atoms with E-state index in [2.05, 4.69) is 0 Å². The first-order valence-corrected chi connectivity index (χ1v) is 5.71. The van der Waals surface area contributed by atoms with Crippen LogP contribution in [0.3, 0.4) is 0 Å². The maximum absolute atomic E-state index is 12.8. The van der Waals surface area contributed by atoms with Crippen LogP contribution < -0.4 is 0 Å². The van der Waals surface area contributed by atoms with Gasteiger partial charge in [-0.25, -0.2) is 8.42 Å². The van der Waals surface area contributed by atoms with Crippen molar-refractivity contribution in [2.45, 2.75) is 37.4 Å². The molecule has 0 aliphatic carbocycles. The minimum atomic E-state index is -4.15. The summed E-state index contributed by atoms with van der Waals surface area (Å²) in [6.07, 6.45) is 1.64. The van der Waals surface area contributed by atoms with E-state index in [0.717, 1.165) is 6.42 Å². The maximum Gasteiger partial charge on any atom is 0.345 e. The van der Waals surface area contributed by atoms with Gasteiger partial charge in [0.25, 0.3) is 0 Å². The molecule has 12 heavy (non-hydrogen) atoms. The number of alkyl halides is 2. The molecule has 0 aromatic rings. The van der Waals surface area contributed by atoms with Crippen LogP contribution >= 0.6 is 0 Å². The fourth-order valence-corrected chi connectivity index (χ4v) is 2.62. The molecule has 72 valence electrons. The molecule has 0 unspecified atom stereocenters. The van der Waals surface area contributed by atoms with Crippen LogP contribution in [-0.4, -0.2) is 19.4 Å². The smallest absolute Gasteiger partial charge is 0.223 e. The quantitative estimate of drug-likeness (QED) is 0.596. The van der Waals surface area contributed by atoms with Crippen LogP contribution in [0, 0.1) is 0 Å². The zero-order valence-electron chi connectivity index (χ0n) is 6.72. The molecule has 0 spiro atoms. The van der Waals surface area contributed by atoms with Crippen molar-refractivity contribution in [3.05, 3.63) is 0 Å². The second kappa shape index (κ2) is 3.28. The first-order chi connectivity index (χ1) is 5.46. The maximum atomic E-state index is 12.8. The van der Waals surface area contributed by atoms with Gasteiger partial charge in [-0.3, -0.25) is 0 Å². The van der Waals surface area contributed by atoms with Gasteiger partial charge in [0.15, 0.2) is 0 Å². The second-order valence-electron chi connectivity index (χ2n) is 3.12. The highest BCUT2D eigenvalue weighted by atomic mass is 32.2. The molecular formula is C7H12F2O2S. The third-order valence-electron chi connectivity index (χ3n) is 2.09. The highest BCUT2D eigenvalue weighted by molar-refractivity contribution is 7.92. The van der Waals surface area contributed by atoms with Crippen LogP contribution in [0.25, 0.3) is 0 Å². The topological polar surface area (TPSA) is 34.1 Å². The lowest BCUT2D eigenvalue weighted by Gasteiger charge is -2.19. The van der Waals surface area contributed by atoms with Crippen LogP contribution in [0.15, 0.2) is 0 Å². The summed E-state index contributed by atoms with van der Waals surface area (Å²) in [6.45, 7) is 0. The molecule has 0 atom stereocenters. The van der Waals surface area contributed by atoms with Gasteiger partial charge in [-0.1, -0.05) is 12.8 Å². The Bertz CT molecular complexity index is 246. The Morgan fingerprint density at radius 1 is 1.00 bits per heavy atom. The Morgan fingerprint density at radius 2 is 1.58 bits per heavy atom. The minimum absolute atomic E-state index is 0.312. The Balaban J connectivity index is 2.81. The number of halogens is 2. The van der Waals surface area contributed by atoms with Crippen LogP contribution in [0.1, 0.15) is 32.1 Å². The summed E-state index contributed by atoms with van der Waals surface area (Å²) in [5.74, 6) is -0.361. The highest BCUT2D eigenvalue weighted by Crippen LogP contribution is 2.31. The van der Waals surface area contributed by atoms with Crippen molar-refractivity contribution in [1.29, 1.82) is 0 Å². The average molecular weight is 198 g/mol. The van der Waals surface area contributed by atoms with Crippen molar-refractivity contribution in [2.75, 3.05) is 5.75 Å². The van der Waals surface area contributed by atoms with Crippen molar-refractivity contribution in [3.63, 3.8) is 0 Å². The lowest BCUT2D eigenvalue weighted by atomic mass is 10.1. The van der Waals surface area contributed by atoms with Gasteiger partial charge in [0.1, 0.15) is 0 Å². The Kier molecular flexibility index (Phi) is 2.70. The van der Waals surface area contributed by atoms with Gasteiger partial charge in [-0.05, 0) is 12.8 Å². The van der Waals surface area contributed by atoms with E-state index in [0.29, 0.717) is 19.3 Å². The summed E-state index contributed by atoms with van der Waals surface area (Å²) in [4.78, 5) is 0. The Hall–Kier alpha value is -0.190. The van der Waals surface area contributed by atoms with Crippen molar-refractivity contribution >= 4 is 9.84 Å². The van der Waals surface area contributed by atoms with Gasteiger partial charge in [0.2, 0.25) is 9.84 Å².